The van der Waals surface area contributed by atoms with Crippen LogP contribution in [0.3, 0.4) is 0 Å². The van der Waals surface area contributed by atoms with Crippen molar-refractivity contribution in [3.8, 4) is 0 Å². The van der Waals surface area contributed by atoms with Gasteiger partial charge < -0.3 is 9.64 Å². The maximum Gasteiger partial charge on any atom is 0.0520 e. The zero-order chi connectivity index (χ0) is 14.4. The van der Waals surface area contributed by atoms with E-state index < -0.39 is 0 Å². The first kappa shape index (κ1) is 16.2. The van der Waals surface area contributed by atoms with E-state index in [0.29, 0.717) is 11.4 Å². The summed E-state index contributed by atoms with van der Waals surface area (Å²) in [6.07, 6.45) is 11.0. The lowest BCUT2D eigenvalue weighted by Crippen LogP contribution is -2.37. The summed E-state index contributed by atoms with van der Waals surface area (Å²) in [6.45, 7) is 6.00. The zero-order valence-electron chi connectivity index (χ0n) is 13.0. The van der Waals surface area contributed by atoms with Crippen LogP contribution in [0, 0.1) is 5.92 Å². The summed E-state index contributed by atoms with van der Waals surface area (Å²) in [5.74, 6) is 0.738. The van der Waals surface area contributed by atoms with E-state index >= 15 is 0 Å². The van der Waals surface area contributed by atoms with Gasteiger partial charge >= 0.3 is 0 Å². The Kier molecular flexibility index (Phi) is 6.70. The number of alkyl halides is 1. The Hall–Kier alpha value is -0.210. The van der Waals surface area contributed by atoms with Crippen LogP contribution in [0.15, 0.2) is 12.3 Å². The molecule has 1 saturated carbocycles. The number of rotatable bonds is 0. The maximum atomic E-state index is 6.49. The fourth-order valence-electron chi connectivity index (χ4n) is 3.70. The molecule has 2 fully saturated rings. The fourth-order valence-corrected chi connectivity index (χ4v) is 4.08. The molecule has 1 aliphatic heterocycles. The van der Waals surface area contributed by atoms with Crippen molar-refractivity contribution in [2.24, 2.45) is 5.92 Å². The number of hydrogen-bond donors (Lipinski definition) is 0. The molecule has 2 nitrogen and oxygen atoms in total. The molecule has 3 unspecified atom stereocenters. The zero-order valence-corrected chi connectivity index (χ0v) is 13.7. The van der Waals surface area contributed by atoms with Crippen LogP contribution in [0.4, 0.5) is 0 Å². The predicted molar refractivity (Wildman–Crippen MR) is 86.2 cm³/mol. The highest BCUT2D eigenvalue weighted by atomic mass is 35.5. The molecule has 0 aromatic rings. The van der Waals surface area contributed by atoms with E-state index in [4.69, 9.17) is 16.3 Å². The van der Waals surface area contributed by atoms with Crippen LogP contribution in [0.25, 0.3) is 0 Å². The summed E-state index contributed by atoms with van der Waals surface area (Å²) in [7, 11) is 2.22. The van der Waals surface area contributed by atoms with Crippen LogP contribution in [-0.2, 0) is 4.74 Å². The Balaban J connectivity index is 2.06. The summed E-state index contributed by atoms with van der Waals surface area (Å²) in [4.78, 5) is 2.44. The van der Waals surface area contributed by atoms with Crippen molar-refractivity contribution < 1.29 is 4.74 Å². The van der Waals surface area contributed by atoms with Gasteiger partial charge in [-0.15, -0.1) is 11.6 Å². The molecular weight excluding hydrogens is 270 g/mol. The quantitative estimate of drug-likeness (QED) is 0.607. The highest BCUT2D eigenvalue weighted by Gasteiger charge is 2.30. The van der Waals surface area contributed by atoms with Crippen molar-refractivity contribution in [3.63, 3.8) is 0 Å². The summed E-state index contributed by atoms with van der Waals surface area (Å²) in [6, 6.07) is 0.630. The van der Waals surface area contributed by atoms with Crippen molar-refractivity contribution in [3.05, 3.63) is 12.3 Å². The monoisotopic (exact) mass is 299 g/mol. The molecule has 0 aromatic carbocycles. The second-order valence-electron chi connectivity index (χ2n) is 6.48. The Bertz CT molecular complexity index is 307. The number of nitrogens with zero attached hydrogens (tertiary/aromatic N) is 1. The van der Waals surface area contributed by atoms with E-state index in [9.17, 15) is 0 Å². The maximum absolute atomic E-state index is 6.49. The molecule has 0 amide bonds. The molecule has 0 radical (unpaired) electrons. The third-order valence-corrected chi connectivity index (χ3v) is 5.41. The number of ether oxygens (including phenoxy) is 1. The van der Waals surface area contributed by atoms with Gasteiger partial charge in [0.05, 0.1) is 6.61 Å². The summed E-state index contributed by atoms with van der Waals surface area (Å²) >= 11 is 6.49. The topological polar surface area (TPSA) is 12.5 Å². The van der Waals surface area contributed by atoms with Gasteiger partial charge in [-0.2, -0.15) is 0 Å². The average molecular weight is 300 g/mol. The lowest BCUT2D eigenvalue weighted by molar-refractivity contribution is 0.114. The second kappa shape index (κ2) is 8.29. The molecule has 116 valence electrons. The average Bonchev–Trinajstić information content (AvgIpc) is 2.61. The van der Waals surface area contributed by atoms with Crippen LogP contribution >= 0.6 is 11.6 Å². The minimum Gasteiger partial charge on any atom is -0.381 e. The molecule has 2 rings (SSSR count). The third kappa shape index (κ3) is 4.66. The molecule has 20 heavy (non-hydrogen) atoms. The Morgan fingerprint density at radius 3 is 2.80 bits per heavy atom. The van der Waals surface area contributed by atoms with Gasteiger partial charge in [-0.05, 0) is 44.4 Å². The Labute approximate surface area is 129 Å². The van der Waals surface area contributed by atoms with E-state index in [1.807, 2.05) is 0 Å². The summed E-state index contributed by atoms with van der Waals surface area (Å²) < 4.78 is 5.69. The van der Waals surface area contributed by atoms with Gasteiger partial charge in [0.15, 0.2) is 0 Å². The molecule has 1 aliphatic carbocycles. The van der Waals surface area contributed by atoms with Crippen molar-refractivity contribution in [2.45, 2.75) is 69.2 Å². The van der Waals surface area contributed by atoms with E-state index in [0.717, 1.165) is 25.6 Å². The van der Waals surface area contributed by atoms with E-state index in [2.05, 4.69) is 18.5 Å². The largest absolute Gasteiger partial charge is 0.381 e. The normalized spacial score (nSPS) is 34.6. The SMILES string of the molecule is C=C1CCOCCCCCC2CC(Cl)CCCC2N1C. The van der Waals surface area contributed by atoms with Gasteiger partial charge in [-0.1, -0.05) is 19.4 Å². The molecule has 2 aliphatic rings. The van der Waals surface area contributed by atoms with E-state index in [-0.39, 0.29) is 0 Å². The molecule has 3 heteroatoms. The first-order valence-electron chi connectivity index (χ1n) is 8.31. The lowest BCUT2D eigenvalue weighted by atomic mass is 9.88. The van der Waals surface area contributed by atoms with Crippen LogP contribution < -0.4 is 0 Å². The van der Waals surface area contributed by atoms with Crippen molar-refractivity contribution >= 4 is 11.6 Å². The predicted octanol–water partition coefficient (Wildman–Crippen LogP) is 4.58. The first-order valence-corrected chi connectivity index (χ1v) is 8.74. The van der Waals surface area contributed by atoms with Gasteiger partial charge in [0, 0.05) is 37.2 Å². The van der Waals surface area contributed by atoms with Gasteiger partial charge in [-0.25, -0.2) is 0 Å². The Morgan fingerprint density at radius 2 is 1.95 bits per heavy atom. The van der Waals surface area contributed by atoms with Crippen molar-refractivity contribution in [1.29, 1.82) is 0 Å². The standard InChI is InChI=1S/C17H30ClNO/c1-14-10-12-20-11-5-3-4-7-15-13-16(18)8-6-9-17(15)19(14)2/h15-17H,1,3-13H2,2H3. The van der Waals surface area contributed by atoms with Gasteiger partial charge in [0.2, 0.25) is 0 Å². The van der Waals surface area contributed by atoms with Crippen LogP contribution in [0.5, 0.6) is 0 Å². The summed E-state index contributed by atoms with van der Waals surface area (Å²) in [5.41, 5.74) is 1.23. The van der Waals surface area contributed by atoms with E-state index in [1.54, 1.807) is 0 Å². The molecule has 3 atom stereocenters. The molecule has 1 saturated heterocycles. The molecule has 0 aromatic heterocycles. The minimum atomic E-state index is 0.378. The van der Waals surface area contributed by atoms with Gasteiger partial charge in [0.1, 0.15) is 0 Å². The molecule has 0 N–H and O–H groups in total. The van der Waals surface area contributed by atoms with Crippen molar-refractivity contribution in [2.75, 3.05) is 20.3 Å². The number of fused-ring (bicyclic) bond motifs is 1. The van der Waals surface area contributed by atoms with Crippen LogP contribution in [-0.4, -0.2) is 36.6 Å². The second-order valence-corrected chi connectivity index (χ2v) is 7.10. The van der Waals surface area contributed by atoms with Crippen molar-refractivity contribution in [1.82, 2.24) is 4.90 Å². The molecule has 0 spiro atoms. The van der Waals surface area contributed by atoms with Gasteiger partial charge in [-0.3, -0.25) is 0 Å². The number of hydrogen-bond acceptors (Lipinski definition) is 2. The smallest absolute Gasteiger partial charge is 0.0520 e. The fraction of sp³-hybridized carbons (Fsp3) is 0.882. The minimum absolute atomic E-state index is 0.378. The van der Waals surface area contributed by atoms with Crippen LogP contribution in [0.2, 0.25) is 0 Å². The molecular formula is C17H30ClNO. The first-order chi connectivity index (χ1) is 9.68. The van der Waals surface area contributed by atoms with E-state index in [1.165, 1.54) is 57.1 Å². The highest BCUT2D eigenvalue weighted by molar-refractivity contribution is 6.20. The number of halogens is 1. The highest BCUT2D eigenvalue weighted by Crippen LogP contribution is 2.34. The van der Waals surface area contributed by atoms with Gasteiger partial charge in [0.25, 0.3) is 0 Å². The molecule has 1 heterocycles. The Morgan fingerprint density at radius 1 is 1.10 bits per heavy atom. The summed E-state index contributed by atoms with van der Waals surface area (Å²) in [5, 5.41) is 0.378. The third-order valence-electron chi connectivity index (χ3n) is 5.01. The van der Waals surface area contributed by atoms with Crippen LogP contribution in [0.1, 0.15) is 57.8 Å². The lowest BCUT2D eigenvalue weighted by Gasteiger charge is -2.37. The molecule has 0 bridgehead atoms.